The molecule has 0 N–H and O–H groups in total. The van der Waals surface area contributed by atoms with Crippen LogP contribution in [0.25, 0.3) is 0 Å². The van der Waals surface area contributed by atoms with Gasteiger partial charge >= 0.3 is 0 Å². The number of hydrogen-bond acceptors (Lipinski definition) is 5. The summed E-state index contributed by atoms with van der Waals surface area (Å²) in [5, 5.41) is -0.462. The second kappa shape index (κ2) is 3.18. The van der Waals surface area contributed by atoms with E-state index < -0.39 is 24.9 Å². The van der Waals surface area contributed by atoms with Crippen molar-refractivity contribution in [3.8, 4) is 0 Å². The molecule has 88 valence electrons. The molecule has 5 nitrogen and oxygen atoms in total. The molecule has 2 heterocycles. The maximum absolute atomic E-state index is 11.6. The van der Waals surface area contributed by atoms with Gasteiger partial charge < -0.3 is 4.90 Å². The minimum atomic E-state index is -3.03. The highest BCUT2D eigenvalue weighted by atomic mass is 32.2. The van der Waals surface area contributed by atoms with Crippen molar-refractivity contribution in [2.75, 3.05) is 31.4 Å². The van der Waals surface area contributed by atoms with Gasteiger partial charge in [0.2, 0.25) is 0 Å². The summed E-state index contributed by atoms with van der Waals surface area (Å²) in [5.74, 6) is 0.0742. The summed E-state index contributed by atoms with van der Waals surface area (Å²) in [6.45, 7) is 0. The Bertz CT molecular complexity index is 453. The summed E-state index contributed by atoms with van der Waals surface area (Å²) in [6, 6.07) is -0.00417. The maximum Gasteiger partial charge on any atom is 0.156 e. The number of hydrogen-bond donors (Lipinski definition) is 0. The molecule has 0 amide bonds. The van der Waals surface area contributed by atoms with Crippen LogP contribution in [0.3, 0.4) is 0 Å². The lowest BCUT2D eigenvalue weighted by Gasteiger charge is -2.46. The molecule has 0 saturated carbocycles. The SMILES string of the molecule is CN(C)[C@@H]1CS(=O)(=O)[C@@H]1C1CS(=O)(=O)C1. The summed E-state index contributed by atoms with van der Waals surface area (Å²) < 4.78 is 45.2. The van der Waals surface area contributed by atoms with Crippen molar-refractivity contribution in [3.63, 3.8) is 0 Å². The van der Waals surface area contributed by atoms with Gasteiger partial charge in [0.15, 0.2) is 19.7 Å². The van der Waals surface area contributed by atoms with Gasteiger partial charge in [0.05, 0.1) is 22.5 Å². The molecule has 7 heteroatoms. The fraction of sp³-hybridized carbons (Fsp3) is 1.00. The van der Waals surface area contributed by atoms with Crippen molar-refractivity contribution in [2.45, 2.75) is 11.3 Å². The zero-order chi connectivity index (χ0) is 11.4. The average molecular weight is 253 g/mol. The van der Waals surface area contributed by atoms with Crippen molar-refractivity contribution >= 4 is 19.7 Å². The molecular formula is C8H15NO4S2. The van der Waals surface area contributed by atoms with Gasteiger partial charge in [0.25, 0.3) is 0 Å². The van der Waals surface area contributed by atoms with Crippen LogP contribution in [0.4, 0.5) is 0 Å². The van der Waals surface area contributed by atoms with E-state index in [9.17, 15) is 16.8 Å². The van der Waals surface area contributed by atoms with E-state index in [-0.39, 0.29) is 29.2 Å². The first-order valence-corrected chi connectivity index (χ1v) is 8.35. The van der Waals surface area contributed by atoms with Crippen molar-refractivity contribution in [1.82, 2.24) is 4.90 Å². The van der Waals surface area contributed by atoms with Crippen LogP contribution in [0.5, 0.6) is 0 Å². The first kappa shape index (κ1) is 11.3. The summed E-state index contributed by atoms with van der Waals surface area (Å²) in [4.78, 5) is 1.87. The van der Waals surface area contributed by atoms with Gasteiger partial charge in [-0.1, -0.05) is 0 Å². The Hall–Kier alpha value is -0.140. The Morgan fingerprint density at radius 2 is 1.53 bits per heavy atom. The number of rotatable bonds is 2. The van der Waals surface area contributed by atoms with E-state index in [1.807, 2.05) is 19.0 Å². The molecule has 2 saturated heterocycles. The first-order valence-electron chi connectivity index (χ1n) is 4.81. The molecule has 0 aromatic rings. The third kappa shape index (κ3) is 1.81. The minimum Gasteiger partial charge on any atom is -0.304 e. The summed E-state index contributed by atoms with van der Waals surface area (Å²) >= 11 is 0. The van der Waals surface area contributed by atoms with Crippen LogP contribution in [-0.2, 0) is 19.7 Å². The number of nitrogens with zero attached hydrogens (tertiary/aromatic N) is 1. The van der Waals surface area contributed by atoms with Gasteiger partial charge in [-0.05, 0) is 14.1 Å². The van der Waals surface area contributed by atoms with Crippen molar-refractivity contribution < 1.29 is 16.8 Å². The van der Waals surface area contributed by atoms with E-state index in [0.29, 0.717) is 0 Å². The molecule has 15 heavy (non-hydrogen) atoms. The summed E-state index contributed by atoms with van der Waals surface area (Å²) in [6.07, 6.45) is 0. The highest BCUT2D eigenvalue weighted by molar-refractivity contribution is 7.95. The molecule has 0 unspecified atom stereocenters. The molecule has 2 aliphatic rings. The summed E-state index contributed by atoms with van der Waals surface area (Å²) in [5.41, 5.74) is 0. The molecule has 0 radical (unpaired) electrons. The van der Waals surface area contributed by atoms with Gasteiger partial charge in [-0.15, -0.1) is 0 Å². The molecule has 2 atom stereocenters. The lowest BCUT2D eigenvalue weighted by molar-refractivity contribution is 0.248. The van der Waals surface area contributed by atoms with Crippen molar-refractivity contribution in [3.05, 3.63) is 0 Å². The van der Waals surface area contributed by atoms with Gasteiger partial charge in [-0.25, -0.2) is 16.8 Å². The predicted molar refractivity (Wildman–Crippen MR) is 57.2 cm³/mol. The summed E-state index contributed by atoms with van der Waals surface area (Å²) in [7, 11) is -2.30. The topological polar surface area (TPSA) is 71.5 Å². The number of sulfone groups is 2. The third-order valence-corrected chi connectivity index (χ3v) is 7.47. The van der Waals surface area contributed by atoms with Crippen LogP contribution < -0.4 is 0 Å². The van der Waals surface area contributed by atoms with E-state index in [1.165, 1.54) is 0 Å². The first-order chi connectivity index (χ1) is 6.73. The smallest absolute Gasteiger partial charge is 0.156 e. The molecular weight excluding hydrogens is 238 g/mol. The van der Waals surface area contributed by atoms with Gasteiger partial charge in [-0.3, -0.25) is 0 Å². The lowest BCUT2D eigenvalue weighted by Crippen LogP contribution is -2.65. The van der Waals surface area contributed by atoms with Crippen LogP contribution in [-0.4, -0.2) is 64.4 Å². The van der Waals surface area contributed by atoms with E-state index in [0.717, 1.165) is 0 Å². The highest BCUT2D eigenvalue weighted by Gasteiger charge is 2.55. The second-order valence-electron chi connectivity index (χ2n) is 4.66. The highest BCUT2D eigenvalue weighted by Crippen LogP contribution is 2.36. The van der Waals surface area contributed by atoms with Gasteiger partial charge in [0.1, 0.15) is 0 Å². The van der Waals surface area contributed by atoms with Crippen LogP contribution >= 0.6 is 0 Å². The quantitative estimate of drug-likeness (QED) is 0.615. The molecule has 0 bridgehead atoms. The van der Waals surface area contributed by atoms with E-state index >= 15 is 0 Å². The molecule has 0 aliphatic carbocycles. The van der Waals surface area contributed by atoms with Crippen molar-refractivity contribution in [2.24, 2.45) is 5.92 Å². The Labute approximate surface area is 90.3 Å². The zero-order valence-electron chi connectivity index (χ0n) is 8.75. The largest absolute Gasteiger partial charge is 0.304 e. The standard InChI is InChI=1S/C8H15NO4S2/c1-9(2)7-5-15(12,13)8(7)6-3-14(10,11)4-6/h6-8H,3-5H2,1-2H3/t7-,8-/m1/s1. The fourth-order valence-electron chi connectivity index (χ4n) is 2.40. The lowest BCUT2D eigenvalue weighted by atomic mass is 10.0. The molecule has 0 spiro atoms. The monoisotopic (exact) mass is 253 g/mol. The Morgan fingerprint density at radius 1 is 1.00 bits per heavy atom. The fourth-order valence-corrected chi connectivity index (χ4v) is 6.71. The van der Waals surface area contributed by atoms with Crippen LogP contribution in [0.15, 0.2) is 0 Å². The Balaban J connectivity index is 2.14. The predicted octanol–water partition coefficient (Wildman–Crippen LogP) is -1.24. The molecule has 0 aromatic heterocycles. The second-order valence-corrected chi connectivity index (χ2v) is 9.02. The molecule has 2 fully saturated rings. The van der Waals surface area contributed by atoms with E-state index in [1.54, 1.807) is 0 Å². The normalized spacial score (nSPS) is 38.3. The van der Waals surface area contributed by atoms with E-state index in [4.69, 9.17) is 0 Å². The van der Waals surface area contributed by atoms with Crippen LogP contribution in [0.2, 0.25) is 0 Å². The Morgan fingerprint density at radius 3 is 1.87 bits per heavy atom. The average Bonchev–Trinajstić information content (AvgIpc) is 1.96. The van der Waals surface area contributed by atoms with E-state index in [2.05, 4.69) is 0 Å². The zero-order valence-corrected chi connectivity index (χ0v) is 10.4. The maximum atomic E-state index is 11.6. The Kier molecular flexibility index (Phi) is 2.40. The van der Waals surface area contributed by atoms with Gasteiger partial charge in [0, 0.05) is 12.0 Å². The van der Waals surface area contributed by atoms with Crippen molar-refractivity contribution in [1.29, 1.82) is 0 Å². The third-order valence-electron chi connectivity index (χ3n) is 3.26. The molecule has 2 aliphatic heterocycles. The molecule has 0 aromatic carbocycles. The molecule has 2 rings (SSSR count). The minimum absolute atomic E-state index is 0.00417. The van der Waals surface area contributed by atoms with Gasteiger partial charge in [-0.2, -0.15) is 0 Å². The van der Waals surface area contributed by atoms with Crippen LogP contribution in [0, 0.1) is 5.92 Å². The van der Waals surface area contributed by atoms with Crippen LogP contribution in [0.1, 0.15) is 0 Å².